The summed E-state index contributed by atoms with van der Waals surface area (Å²) in [6.07, 6.45) is 0.496. The maximum absolute atomic E-state index is 13.1. The monoisotopic (exact) mass is 478 g/mol. The number of carbonyl (C=O) groups excluding carboxylic acids is 1. The van der Waals surface area contributed by atoms with Crippen LogP contribution in [0.15, 0.2) is 93.6 Å². The van der Waals surface area contributed by atoms with Crippen LogP contribution in [-0.4, -0.2) is 28.1 Å². The zero-order chi connectivity index (χ0) is 23.0. The molecular weight excluding hydrogens is 460 g/mol. The standard InChI is InChI=1S/C24H19ClN4O3S/c1-31-20-13-11-19(12-14-20)26-28-23(22(30)17-7-9-18(25)10-8-17)33-24-29-27-21(32-24)15-16-5-3-2-4-6-16/h2-14,26H,15H2,1H3. The number of methoxy groups -OCH3 is 1. The zero-order valence-corrected chi connectivity index (χ0v) is 19.1. The van der Waals surface area contributed by atoms with Gasteiger partial charge in [0.1, 0.15) is 5.75 Å². The summed E-state index contributed by atoms with van der Waals surface area (Å²) in [5.74, 6) is 0.860. The first-order valence-corrected chi connectivity index (χ1v) is 11.1. The van der Waals surface area contributed by atoms with Crippen LogP contribution in [0.4, 0.5) is 5.69 Å². The summed E-state index contributed by atoms with van der Waals surface area (Å²) < 4.78 is 10.9. The number of nitrogens with zero attached hydrogens (tertiary/aromatic N) is 3. The molecule has 4 rings (SSSR count). The van der Waals surface area contributed by atoms with E-state index >= 15 is 0 Å². The van der Waals surface area contributed by atoms with Crippen molar-refractivity contribution in [3.63, 3.8) is 0 Å². The van der Waals surface area contributed by atoms with Gasteiger partial charge in [0.05, 0.1) is 19.2 Å². The number of nitrogens with one attached hydrogen (secondary N) is 1. The van der Waals surface area contributed by atoms with Gasteiger partial charge in [-0.1, -0.05) is 41.9 Å². The molecule has 1 aromatic heterocycles. The molecule has 0 aliphatic carbocycles. The summed E-state index contributed by atoms with van der Waals surface area (Å²) in [6.45, 7) is 0. The molecule has 166 valence electrons. The molecular formula is C24H19ClN4O3S. The molecule has 0 aliphatic heterocycles. The number of carbonyl (C=O) groups is 1. The van der Waals surface area contributed by atoms with Crippen molar-refractivity contribution in [1.29, 1.82) is 0 Å². The van der Waals surface area contributed by atoms with Crippen LogP contribution < -0.4 is 10.2 Å². The Morgan fingerprint density at radius 3 is 2.45 bits per heavy atom. The van der Waals surface area contributed by atoms with Gasteiger partial charge < -0.3 is 9.15 Å². The van der Waals surface area contributed by atoms with E-state index in [1.165, 1.54) is 0 Å². The number of anilines is 1. The number of Topliss-reactive ketones (excluding diaryl/α,β-unsaturated/α-hetero) is 1. The van der Waals surface area contributed by atoms with Gasteiger partial charge in [-0.15, -0.1) is 10.2 Å². The molecule has 0 spiro atoms. The molecule has 0 unspecified atom stereocenters. The molecule has 0 saturated carbocycles. The third-order valence-electron chi connectivity index (χ3n) is 4.51. The predicted molar refractivity (Wildman–Crippen MR) is 129 cm³/mol. The summed E-state index contributed by atoms with van der Waals surface area (Å²) in [7, 11) is 1.59. The van der Waals surface area contributed by atoms with E-state index in [0.717, 1.165) is 17.3 Å². The first kappa shape index (κ1) is 22.6. The van der Waals surface area contributed by atoms with Crippen LogP contribution >= 0.6 is 23.4 Å². The Morgan fingerprint density at radius 2 is 1.76 bits per heavy atom. The average molecular weight is 479 g/mol. The van der Waals surface area contributed by atoms with Crippen LogP contribution in [0, 0.1) is 0 Å². The molecule has 1 N–H and O–H groups in total. The Hall–Kier alpha value is -3.62. The second kappa shape index (κ2) is 10.8. The van der Waals surface area contributed by atoms with E-state index in [2.05, 4.69) is 20.7 Å². The first-order chi connectivity index (χ1) is 16.1. The highest BCUT2D eigenvalue weighted by molar-refractivity contribution is 8.15. The van der Waals surface area contributed by atoms with Crippen molar-refractivity contribution < 1.29 is 13.9 Å². The maximum Gasteiger partial charge on any atom is 0.283 e. The van der Waals surface area contributed by atoms with Crippen molar-refractivity contribution >= 4 is 39.9 Å². The van der Waals surface area contributed by atoms with Gasteiger partial charge >= 0.3 is 0 Å². The Morgan fingerprint density at radius 1 is 1.03 bits per heavy atom. The van der Waals surface area contributed by atoms with E-state index < -0.39 is 0 Å². The average Bonchev–Trinajstić information content (AvgIpc) is 3.29. The van der Waals surface area contributed by atoms with Crippen molar-refractivity contribution in [2.45, 2.75) is 11.6 Å². The largest absolute Gasteiger partial charge is 0.497 e. The lowest BCUT2D eigenvalue weighted by molar-refractivity contribution is 0.106. The van der Waals surface area contributed by atoms with Gasteiger partial charge in [-0.3, -0.25) is 10.2 Å². The van der Waals surface area contributed by atoms with E-state index in [9.17, 15) is 4.79 Å². The molecule has 0 atom stereocenters. The molecule has 1 heterocycles. The van der Waals surface area contributed by atoms with Crippen LogP contribution in [0.5, 0.6) is 5.75 Å². The normalized spacial score (nSPS) is 11.3. The third-order valence-corrected chi connectivity index (χ3v) is 5.57. The molecule has 9 heteroatoms. The van der Waals surface area contributed by atoms with Gasteiger partial charge in [-0.05, 0) is 65.9 Å². The second-order valence-corrected chi connectivity index (χ2v) is 8.20. The number of rotatable bonds is 8. The fourth-order valence-corrected chi connectivity index (χ4v) is 3.64. The van der Waals surface area contributed by atoms with Gasteiger partial charge in [-0.25, -0.2) is 0 Å². The number of hydrogen-bond acceptors (Lipinski definition) is 8. The molecule has 7 nitrogen and oxygen atoms in total. The molecule has 0 amide bonds. The van der Waals surface area contributed by atoms with Gasteiger partial charge in [0.15, 0.2) is 5.04 Å². The van der Waals surface area contributed by atoms with Crippen molar-refractivity contribution in [2.75, 3.05) is 12.5 Å². The molecule has 0 fully saturated rings. The van der Waals surface area contributed by atoms with E-state index in [4.69, 9.17) is 20.8 Å². The second-order valence-electron chi connectivity index (χ2n) is 6.82. The quantitative estimate of drug-likeness (QED) is 0.114. The van der Waals surface area contributed by atoms with E-state index in [1.54, 1.807) is 55.6 Å². The summed E-state index contributed by atoms with van der Waals surface area (Å²) >= 11 is 6.95. The van der Waals surface area contributed by atoms with E-state index in [-0.39, 0.29) is 16.0 Å². The molecule has 0 radical (unpaired) electrons. The number of ketones is 1. The van der Waals surface area contributed by atoms with E-state index in [1.807, 2.05) is 30.3 Å². The number of hydrazone groups is 1. The minimum absolute atomic E-state index is 0.142. The van der Waals surface area contributed by atoms with Crippen LogP contribution in [0.3, 0.4) is 0 Å². The lowest BCUT2D eigenvalue weighted by Gasteiger charge is -2.06. The number of hydrogen-bond donors (Lipinski definition) is 1. The molecule has 3 aromatic carbocycles. The number of aromatic nitrogens is 2. The number of benzene rings is 3. The predicted octanol–water partition coefficient (Wildman–Crippen LogP) is 5.72. The van der Waals surface area contributed by atoms with Gasteiger partial charge in [0.25, 0.3) is 5.22 Å². The Kier molecular flexibility index (Phi) is 7.39. The lowest BCUT2D eigenvalue weighted by atomic mass is 10.1. The topological polar surface area (TPSA) is 89.6 Å². The summed E-state index contributed by atoms with van der Waals surface area (Å²) in [5.41, 5.74) is 5.07. The highest BCUT2D eigenvalue weighted by Crippen LogP contribution is 2.23. The summed E-state index contributed by atoms with van der Waals surface area (Å²) in [5, 5.41) is 13.4. The maximum atomic E-state index is 13.1. The van der Waals surface area contributed by atoms with Crippen molar-refractivity contribution in [1.82, 2.24) is 10.2 Å². The SMILES string of the molecule is COc1ccc(NN=C(Sc2nnc(Cc3ccccc3)o2)C(=O)c2ccc(Cl)cc2)cc1. The van der Waals surface area contributed by atoms with Crippen molar-refractivity contribution in [3.8, 4) is 5.75 Å². The van der Waals surface area contributed by atoms with E-state index in [0.29, 0.717) is 34.3 Å². The Labute approximate surface area is 199 Å². The highest BCUT2D eigenvalue weighted by atomic mass is 35.5. The third kappa shape index (κ3) is 6.21. The van der Waals surface area contributed by atoms with Crippen LogP contribution in [-0.2, 0) is 6.42 Å². The molecule has 4 aromatic rings. The minimum Gasteiger partial charge on any atom is -0.497 e. The number of ether oxygens (including phenoxy) is 1. The fraction of sp³-hybridized carbons (Fsp3) is 0.0833. The highest BCUT2D eigenvalue weighted by Gasteiger charge is 2.20. The first-order valence-electron chi connectivity index (χ1n) is 9.93. The van der Waals surface area contributed by atoms with Crippen LogP contribution in [0.2, 0.25) is 5.02 Å². The van der Waals surface area contributed by atoms with Gasteiger partial charge in [-0.2, -0.15) is 5.10 Å². The summed E-state index contributed by atoms with van der Waals surface area (Å²) in [4.78, 5) is 13.1. The van der Waals surface area contributed by atoms with Gasteiger partial charge in [0, 0.05) is 10.6 Å². The van der Waals surface area contributed by atoms with Crippen LogP contribution in [0.25, 0.3) is 0 Å². The molecule has 0 bridgehead atoms. The number of halogens is 1. The molecule has 0 aliphatic rings. The van der Waals surface area contributed by atoms with Crippen LogP contribution in [0.1, 0.15) is 21.8 Å². The number of thioether (sulfide) groups is 1. The Bertz CT molecular complexity index is 1240. The van der Waals surface area contributed by atoms with Crippen molar-refractivity contribution in [3.05, 3.63) is 101 Å². The minimum atomic E-state index is -0.305. The lowest BCUT2D eigenvalue weighted by Crippen LogP contribution is -2.13. The van der Waals surface area contributed by atoms with Crippen molar-refractivity contribution in [2.24, 2.45) is 5.10 Å². The van der Waals surface area contributed by atoms with Gasteiger partial charge in [0.2, 0.25) is 11.7 Å². The molecule has 0 saturated heterocycles. The summed E-state index contributed by atoms with van der Waals surface area (Å²) in [6, 6.07) is 23.6. The zero-order valence-electron chi connectivity index (χ0n) is 17.6. The fourth-order valence-electron chi connectivity index (χ4n) is 2.83. The molecule has 33 heavy (non-hydrogen) atoms. The smallest absolute Gasteiger partial charge is 0.283 e. The Balaban J connectivity index is 1.55.